The second-order valence-electron chi connectivity index (χ2n) is 7.17. The van der Waals surface area contributed by atoms with Gasteiger partial charge in [-0.2, -0.15) is 0 Å². The van der Waals surface area contributed by atoms with Crippen molar-refractivity contribution in [1.82, 2.24) is 10.5 Å². The first kappa shape index (κ1) is 18.2. The van der Waals surface area contributed by atoms with Crippen LogP contribution >= 0.6 is 0 Å². The van der Waals surface area contributed by atoms with Gasteiger partial charge in [-0.1, -0.05) is 17.3 Å². The van der Waals surface area contributed by atoms with Gasteiger partial charge in [0.05, 0.1) is 18.4 Å². The molecule has 7 heteroatoms. The van der Waals surface area contributed by atoms with Crippen molar-refractivity contribution in [1.29, 1.82) is 0 Å². The third kappa shape index (κ3) is 3.14. The minimum atomic E-state index is -0.512. The van der Waals surface area contributed by atoms with Crippen LogP contribution in [0.2, 0.25) is 0 Å². The number of hydrogen-bond donors (Lipinski definition) is 1. The summed E-state index contributed by atoms with van der Waals surface area (Å²) < 4.78 is 16.7. The van der Waals surface area contributed by atoms with Crippen LogP contribution in [-0.2, 0) is 9.59 Å². The number of nitrogens with one attached hydrogen (secondary N) is 1. The van der Waals surface area contributed by atoms with Crippen LogP contribution in [0, 0.1) is 0 Å². The minimum Gasteiger partial charge on any atom is -0.497 e. The summed E-state index contributed by atoms with van der Waals surface area (Å²) in [5.74, 6) is 0.957. The highest BCUT2D eigenvalue weighted by molar-refractivity contribution is 6.10. The summed E-state index contributed by atoms with van der Waals surface area (Å²) in [7, 11) is 1.61. The van der Waals surface area contributed by atoms with Gasteiger partial charge in [-0.05, 0) is 53.6 Å². The van der Waals surface area contributed by atoms with E-state index >= 15 is 0 Å². The summed E-state index contributed by atoms with van der Waals surface area (Å²) in [6.45, 7) is 0. The number of ether oxygens (including phenoxy) is 2. The maximum atomic E-state index is 12.3. The number of hydrogen-bond acceptors (Lipinski definition) is 6. The monoisotopic (exact) mass is 402 g/mol. The second kappa shape index (κ2) is 7.18. The third-order valence-electron chi connectivity index (χ3n) is 5.30. The van der Waals surface area contributed by atoms with E-state index in [4.69, 9.17) is 14.0 Å². The quantitative estimate of drug-likeness (QED) is 0.512. The summed E-state index contributed by atoms with van der Waals surface area (Å²) >= 11 is 0. The lowest BCUT2D eigenvalue weighted by molar-refractivity contribution is -0.134. The van der Waals surface area contributed by atoms with Crippen molar-refractivity contribution in [2.45, 2.75) is 18.8 Å². The van der Waals surface area contributed by atoms with Gasteiger partial charge in [-0.3, -0.25) is 14.9 Å². The summed E-state index contributed by atoms with van der Waals surface area (Å²) in [5.41, 5.74) is 1.16. The van der Waals surface area contributed by atoms with E-state index in [-0.39, 0.29) is 18.2 Å². The maximum Gasteiger partial charge on any atom is 0.235 e. The summed E-state index contributed by atoms with van der Waals surface area (Å²) in [5, 5.41) is 9.17. The van der Waals surface area contributed by atoms with E-state index in [2.05, 4.69) is 10.5 Å². The van der Waals surface area contributed by atoms with E-state index in [1.807, 2.05) is 54.6 Å². The molecule has 2 amide bonds. The first-order valence-corrected chi connectivity index (χ1v) is 9.60. The Hall–Kier alpha value is -3.87. The molecule has 1 aromatic heterocycles. The number of carbonyl (C=O) groups is 2. The Labute approximate surface area is 171 Å². The number of carbonyl (C=O) groups excluding carboxylic acids is 2. The molecule has 0 saturated carbocycles. The Bertz CT molecular complexity index is 1290. The van der Waals surface area contributed by atoms with Gasteiger partial charge in [0, 0.05) is 12.5 Å². The minimum absolute atomic E-state index is 0.256. The maximum absolute atomic E-state index is 12.3. The standard InChI is InChI=1S/C23H18N2O5/c1-28-14-3-2-4-15(12-14)29-16-6-7-17-13(11-16)5-9-19-21(17)22(25-30-19)18-8-10-20(26)24-23(18)27/h2-7,9,11-12,18H,8,10H2,1H3,(H,24,26,27)/t18-/m1/s1. The molecule has 0 radical (unpaired) electrons. The van der Waals surface area contributed by atoms with Crippen LogP contribution < -0.4 is 14.8 Å². The average Bonchev–Trinajstić information content (AvgIpc) is 3.18. The number of imide groups is 1. The average molecular weight is 402 g/mol. The second-order valence-corrected chi connectivity index (χ2v) is 7.17. The fourth-order valence-electron chi connectivity index (χ4n) is 3.83. The van der Waals surface area contributed by atoms with E-state index in [0.29, 0.717) is 34.9 Å². The molecule has 4 aromatic rings. The summed E-state index contributed by atoms with van der Waals surface area (Å²) in [6, 6.07) is 16.9. The molecule has 0 bridgehead atoms. The lowest BCUT2D eigenvalue weighted by Crippen LogP contribution is -2.39. The number of methoxy groups -OCH3 is 1. The molecule has 1 N–H and O–H groups in total. The van der Waals surface area contributed by atoms with Gasteiger partial charge < -0.3 is 14.0 Å². The van der Waals surface area contributed by atoms with Crippen molar-refractivity contribution in [2.75, 3.05) is 7.11 Å². The van der Waals surface area contributed by atoms with Gasteiger partial charge in [0.25, 0.3) is 0 Å². The number of nitrogens with zero attached hydrogens (tertiary/aromatic N) is 1. The van der Waals surface area contributed by atoms with Crippen LogP contribution in [0.15, 0.2) is 59.1 Å². The van der Waals surface area contributed by atoms with Crippen molar-refractivity contribution >= 4 is 33.6 Å². The number of rotatable bonds is 4. The molecule has 0 unspecified atom stereocenters. The molecule has 0 aliphatic carbocycles. The SMILES string of the molecule is COc1cccc(Oc2ccc3c(ccc4onc([C@H]5CCC(=O)NC5=O)c43)c2)c1. The molecule has 1 aliphatic rings. The van der Waals surface area contributed by atoms with Crippen LogP contribution in [0.1, 0.15) is 24.5 Å². The van der Waals surface area contributed by atoms with Crippen molar-refractivity contribution in [3.63, 3.8) is 0 Å². The fraction of sp³-hybridized carbons (Fsp3) is 0.174. The highest BCUT2D eigenvalue weighted by atomic mass is 16.5. The highest BCUT2D eigenvalue weighted by Crippen LogP contribution is 2.37. The zero-order valence-corrected chi connectivity index (χ0v) is 16.2. The van der Waals surface area contributed by atoms with Crippen LogP contribution in [-0.4, -0.2) is 24.1 Å². The molecule has 1 aliphatic heterocycles. The molecule has 2 heterocycles. The van der Waals surface area contributed by atoms with Crippen molar-refractivity contribution in [3.8, 4) is 17.2 Å². The Kier molecular flexibility index (Phi) is 4.35. The van der Waals surface area contributed by atoms with Gasteiger partial charge in [0.2, 0.25) is 11.8 Å². The summed E-state index contributed by atoms with van der Waals surface area (Å²) in [6.07, 6.45) is 0.702. The highest BCUT2D eigenvalue weighted by Gasteiger charge is 2.32. The predicted molar refractivity (Wildman–Crippen MR) is 110 cm³/mol. The van der Waals surface area contributed by atoms with Crippen LogP contribution in [0.3, 0.4) is 0 Å². The van der Waals surface area contributed by atoms with Crippen molar-refractivity contribution in [2.24, 2.45) is 0 Å². The third-order valence-corrected chi connectivity index (χ3v) is 5.30. The zero-order valence-electron chi connectivity index (χ0n) is 16.2. The van der Waals surface area contributed by atoms with Crippen LogP contribution in [0.4, 0.5) is 0 Å². The Morgan fingerprint density at radius 1 is 1.03 bits per heavy atom. The predicted octanol–water partition coefficient (Wildman–Crippen LogP) is 4.30. The first-order chi connectivity index (χ1) is 14.6. The molecule has 1 fully saturated rings. The van der Waals surface area contributed by atoms with Gasteiger partial charge >= 0.3 is 0 Å². The zero-order chi connectivity index (χ0) is 20.7. The first-order valence-electron chi connectivity index (χ1n) is 9.60. The van der Waals surface area contributed by atoms with Crippen LogP contribution in [0.5, 0.6) is 17.2 Å². The number of amides is 2. The number of benzene rings is 3. The number of aromatic nitrogens is 1. The Morgan fingerprint density at radius 3 is 2.70 bits per heavy atom. The van der Waals surface area contributed by atoms with Gasteiger partial charge in [0.15, 0.2) is 5.58 Å². The van der Waals surface area contributed by atoms with Gasteiger partial charge in [-0.25, -0.2) is 0 Å². The number of fused-ring (bicyclic) bond motifs is 3. The molecule has 1 atom stereocenters. The van der Waals surface area contributed by atoms with Crippen LogP contribution in [0.25, 0.3) is 21.7 Å². The molecule has 3 aromatic carbocycles. The van der Waals surface area contributed by atoms with E-state index in [9.17, 15) is 9.59 Å². The van der Waals surface area contributed by atoms with E-state index in [0.717, 1.165) is 16.2 Å². The van der Waals surface area contributed by atoms with Gasteiger partial charge in [-0.15, -0.1) is 0 Å². The molecule has 5 rings (SSSR count). The Balaban J connectivity index is 1.55. The summed E-state index contributed by atoms with van der Waals surface area (Å²) in [4.78, 5) is 23.8. The topological polar surface area (TPSA) is 90.7 Å². The fourth-order valence-corrected chi connectivity index (χ4v) is 3.83. The smallest absolute Gasteiger partial charge is 0.235 e. The number of piperidine rings is 1. The molecule has 1 saturated heterocycles. The Morgan fingerprint density at radius 2 is 1.87 bits per heavy atom. The van der Waals surface area contributed by atoms with E-state index < -0.39 is 5.92 Å². The largest absolute Gasteiger partial charge is 0.497 e. The molecule has 30 heavy (non-hydrogen) atoms. The normalized spacial score (nSPS) is 16.6. The molecular formula is C23H18N2O5. The molecule has 150 valence electrons. The molecule has 0 spiro atoms. The van der Waals surface area contributed by atoms with E-state index in [1.54, 1.807) is 7.11 Å². The molecular weight excluding hydrogens is 384 g/mol. The lowest BCUT2D eigenvalue weighted by Gasteiger charge is -2.19. The van der Waals surface area contributed by atoms with Gasteiger partial charge in [0.1, 0.15) is 22.9 Å². The van der Waals surface area contributed by atoms with Crippen molar-refractivity contribution < 1.29 is 23.6 Å². The van der Waals surface area contributed by atoms with E-state index in [1.165, 1.54) is 0 Å². The van der Waals surface area contributed by atoms with Crippen molar-refractivity contribution in [3.05, 3.63) is 60.3 Å². The molecule has 7 nitrogen and oxygen atoms in total. The lowest BCUT2D eigenvalue weighted by atomic mass is 9.91.